The Balaban J connectivity index is 2.37. The van der Waals surface area contributed by atoms with E-state index in [4.69, 9.17) is 14.6 Å². The molecule has 0 atom stereocenters. The van der Waals surface area contributed by atoms with Crippen LogP contribution in [0.5, 0.6) is 5.75 Å². The first-order valence-corrected chi connectivity index (χ1v) is 6.85. The summed E-state index contributed by atoms with van der Waals surface area (Å²) >= 11 is 0. The summed E-state index contributed by atoms with van der Waals surface area (Å²) in [4.78, 5) is 21.5. The zero-order valence-corrected chi connectivity index (χ0v) is 12.6. The molecule has 140 valence electrons. The average molecular weight is 372 g/mol. The minimum absolute atomic E-state index is 0.00454. The van der Waals surface area contributed by atoms with Crippen LogP contribution in [-0.2, 0) is 19.1 Å². The number of halogens is 5. The lowest BCUT2D eigenvalue weighted by atomic mass is 10.2. The third kappa shape index (κ3) is 6.27. The van der Waals surface area contributed by atoms with Crippen LogP contribution in [0.2, 0.25) is 0 Å². The summed E-state index contributed by atoms with van der Waals surface area (Å²) in [5.74, 6) is -15.3. The van der Waals surface area contributed by atoms with Crippen LogP contribution in [0.3, 0.4) is 0 Å². The molecule has 1 aromatic rings. The first-order valence-electron chi connectivity index (χ1n) is 6.85. The number of carbonyl (C=O) groups is 2. The molecule has 0 aliphatic rings. The third-order valence-electron chi connectivity index (χ3n) is 2.67. The monoisotopic (exact) mass is 372 g/mol. The van der Waals surface area contributed by atoms with Crippen LogP contribution >= 0.6 is 0 Å². The van der Waals surface area contributed by atoms with Gasteiger partial charge in [-0.3, -0.25) is 9.59 Å². The van der Waals surface area contributed by atoms with Crippen molar-refractivity contribution in [1.29, 1.82) is 0 Å². The zero-order valence-electron chi connectivity index (χ0n) is 12.6. The molecule has 25 heavy (non-hydrogen) atoms. The molecule has 0 aliphatic carbocycles. The van der Waals surface area contributed by atoms with Gasteiger partial charge in [0.15, 0.2) is 0 Å². The van der Waals surface area contributed by atoms with Gasteiger partial charge in [0, 0.05) is 0 Å². The van der Waals surface area contributed by atoms with Gasteiger partial charge >= 0.3 is 11.9 Å². The van der Waals surface area contributed by atoms with Crippen LogP contribution < -0.4 is 4.74 Å². The van der Waals surface area contributed by atoms with Gasteiger partial charge in [-0.1, -0.05) is 0 Å². The number of esters is 1. The molecule has 0 unspecified atom stereocenters. The largest absolute Gasteiger partial charge is 0.481 e. The summed E-state index contributed by atoms with van der Waals surface area (Å²) in [5, 5.41) is 8.34. The molecular formula is C14H13F5O6. The van der Waals surface area contributed by atoms with E-state index in [1.54, 1.807) is 0 Å². The molecule has 0 aliphatic heterocycles. The van der Waals surface area contributed by atoms with Gasteiger partial charge in [0.1, 0.15) is 0 Å². The van der Waals surface area contributed by atoms with Crippen LogP contribution in [0.25, 0.3) is 0 Å². The van der Waals surface area contributed by atoms with Crippen molar-refractivity contribution >= 4 is 11.9 Å². The first-order chi connectivity index (χ1) is 11.8. The molecule has 1 rings (SSSR count). The summed E-state index contributed by atoms with van der Waals surface area (Å²) in [6.45, 7) is -0.257. The third-order valence-corrected chi connectivity index (χ3v) is 2.67. The number of aliphatic carboxylic acids is 1. The van der Waals surface area contributed by atoms with E-state index in [1.807, 2.05) is 0 Å². The van der Waals surface area contributed by atoms with Crippen molar-refractivity contribution in [2.24, 2.45) is 0 Å². The number of benzene rings is 1. The molecule has 0 saturated carbocycles. The second-order valence-electron chi connectivity index (χ2n) is 4.49. The molecule has 0 radical (unpaired) electrons. The Morgan fingerprint density at radius 1 is 0.720 bits per heavy atom. The van der Waals surface area contributed by atoms with Gasteiger partial charge in [0.2, 0.25) is 34.8 Å². The molecule has 0 aromatic heterocycles. The highest BCUT2D eigenvalue weighted by molar-refractivity contribution is 5.72. The molecule has 6 nitrogen and oxygen atoms in total. The molecule has 1 aromatic carbocycles. The number of rotatable bonds is 10. The highest BCUT2D eigenvalue weighted by Gasteiger charge is 2.28. The highest BCUT2D eigenvalue weighted by Crippen LogP contribution is 2.29. The maximum Gasteiger partial charge on any atom is 0.313 e. The second-order valence-corrected chi connectivity index (χ2v) is 4.49. The summed E-state index contributed by atoms with van der Waals surface area (Å²) in [6.07, 6.45) is -0.705. The number of ether oxygens (including phenoxy) is 3. The lowest BCUT2D eigenvalue weighted by molar-refractivity contribution is -0.139. The number of carbonyl (C=O) groups excluding carboxylic acids is 1. The lowest BCUT2D eigenvalue weighted by Crippen LogP contribution is -2.16. The minimum Gasteiger partial charge on any atom is -0.481 e. The van der Waals surface area contributed by atoms with Crippen LogP contribution in [0.15, 0.2) is 0 Å². The van der Waals surface area contributed by atoms with Crippen molar-refractivity contribution in [1.82, 2.24) is 0 Å². The predicted molar refractivity (Wildman–Crippen MR) is 70.4 cm³/mol. The van der Waals surface area contributed by atoms with Gasteiger partial charge in [-0.25, -0.2) is 13.2 Å². The fourth-order valence-electron chi connectivity index (χ4n) is 1.48. The standard InChI is InChI=1S/C14H13F5O6/c15-9-10(16)12(18)14(13(19)11(9)17)25-8(22)2-4-24-6-5-23-3-1-7(20)21/h1-6H2,(H,20,21). The van der Waals surface area contributed by atoms with E-state index in [-0.39, 0.29) is 32.8 Å². The van der Waals surface area contributed by atoms with Gasteiger partial charge < -0.3 is 19.3 Å². The van der Waals surface area contributed by atoms with Crippen LogP contribution in [0, 0.1) is 29.1 Å². The van der Waals surface area contributed by atoms with E-state index >= 15 is 0 Å². The zero-order chi connectivity index (χ0) is 19.0. The quantitative estimate of drug-likeness (QED) is 0.169. The summed E-state index contributed by atoms with van der Waals surface area (Å²) in [5.41, 5.74) is 0. The Hall–Kier alpha value is -2.27. The Morgan fingerprint density at radius 3 is 1.64 bits per heavy atom. The topological polar surface area (TPSA) is 82.1 Å². The minimum atomic E-state index is -2.36. The van der Waals surface area contributed by atoms with Crippen molar-refractivity contribution < 1.29 is 50.9 Å². The fourth-order valence-corrected chi connectivity index (χ4v) is 1.48. The summed E-state index contributed by atoms with van der Waals surface area (Å²) < 4.78 is 79.2. The van der Waals surface area contributed by atoms with Crippen molar-refractivity contribution in [3.05, 3.63) is 29.1 Å². The SMILES string of the molecule is O=C(O)CCOCCOCCC(=O)Oc1c(F)c(F)c(F)c(F)c1F. The van der Waals surface area contributed by atoms with Gasteiger partial charge in [-0.15, -0.1) is 0 Å². The number of carboxylic acid groups (broad SMARTS) is 1. The fraction of sp³-hybridized carbons (Fsp3) is 0.429. The molecule has 0 saturated heterocycles. The van der Waals surface area contributed by atoms with E-state index in [1.165, 1.54) is 0 Å². The second kappa shape index (κ2) is 9.89. The molecular weight excluding hydrogens is 359 g/mol. The lowest BCUT2D eigenvalue weighted by Gasteiger charge is -2.09. The Labute approximate surface area is 138 Å². The van der Waals surface area contributed by atoms with Crippen molar-refractivity contribution in [2.75, 3.05) is 26.4 Å². The maximum absolute atomic E-state index is 13.3. The van der Waals surface area contributed by atoms with Crippen LogP contribution in [0.4, 0.5) is 22.0 Å². The van der Waals surface area contributed by atoms with Gasteiger partial charge in [0.25, 0.3) is 0 Å². The highest BCUT2D eigenvalue weighted by atomic mass is 19.2. The van der Waals surface area contributed by atoms with E-state index in [0.717, 1.165) is 0 Å². The molecule has 1 N–H and O–H groups in total. The molecule has 0 amide bonds. The normalized spacial score (nSPS) is 10.8. The number of hydrogen-bond acceptors (Lipinski definition) is 5. The first kappa shape index (κ1) is 20.8. The van der Waals surface area contributed by atoms with Crippen LogP contribution in [-0.4, -0.2) is 43.5 Å². The molecule has 0 fully saturated rings. The van der Waals surface area contributed by atoms with Crippen molar-refractivity contribution in [3.8, 4) is 5.75 Å². The van der Waals surface area contributed by atoms with E-state index in [9.17, 15) is 31.5 Å². The maximum atomic E-state index is 13.3. The summed E-state index contributed by atoms with van der Waals surface area (Å²) in [7, 11) is 0. The van der Waals surface area contributed by atoms with E-state index in [2.05, 4.69) is 4.74 Å². The Morgan fingerprint density at radius 2 is 1.16 bits per heavy atom. The number of carboxylic acids is 1. The average Bonchev–Trinajstić information content (AvgIpc) is 2.57. The van der Waals surface area contributed by atoms with E-state index < -0.39 is 53.2 Å². The summed E-state index contributed by atoms with van der Waals surface area (Å²) in [6, 6.07) is 0. The van der Waals surface area contributed by atoms with Gasteiger partial charge in [-0.05, 0) is 0 Å². The molecule has 0 spiro atoms. The van der Waals surface area contributed by atoms with Crippen LogP contribution in [0.1, 0.15) is 12.8 Å². The number of hydrogen-bond donors (Lipinski definition) is 1. The Bertz CT molecular complexity index is 608. The van der Waals surface area contributed by atoms with Crippen molar-refractivity contribution in [3.63, 3.8) is 0 Å². The molecule has 11 heteroatoms. The van der Waals surface area contributed by atoms with E-state index in [0.29, 0.717) is 0 Å². The van der Waals surface area contributed by atoms with Gasteiger partial charge in [0.05, 0.1) is 39.3 Å². The van der Waals surface area contributed by atoms with Gasteiger partial charge in [-0.2, -0.15) is 8.78 Å². The smallest absolute Gasteiger partial charge is 0.313 e. The van der Waals surface area contributed by atoms with Crippen molar-refractivity contribution in [2.45, 2.75) is 12.8 Å². The molecule has 0 bridgehead atoms. The molecule has 0 heterocycles. The Kier molecular flexibility index (Phi) is 8.22. The predicted octanol–water partition coefficient (Wildman–Crippen LogP) is 2.19.